The first-order valence-corrected chi connectivity index (χ1v) is 11.1. The molecule has 0 spiro atoms. The monoisotopic (exact) mass is 430 g/mol. The molecule has 2 aromatic carbocycles. The molecule has 9 heteroatoms. The normalized spacial score (nSPS) is 23.4. The molecule has 8 nitrogen and oxygen atoms in total. The minimum absolute atomic E-state index is 0.0789. The number of hydrogen-bond donors (Lipinski definition) is 2. The number of anilines is 1. The minimum atomic E-state index is -4.25. The number of nitrogens with zero attached hydrogens (tertiary/aromatic N) is 1. The van der Waals surface area contributed by atoms with Crippen molar-refractivity contribution >= 4 is 27.6 Å². The van der Waals surface area contributed by atoms with Crippen molar-refractivity contribution in [3.05, 3.63) is 54.1 Å². The Morgan fingerprint density at radius 2 is 1.97 bits per heavy atom. The van der Waals surface area contributed by atoms with Crippen LogP contribution in [0.2, 0.25) is 0 Å². The number of carboxylic acid groups (broad SMARTS) is 1. The van der Waals surface area contributed by atoms with Crippen LogP contribution in [0.5, 0.6) is 5.75 Å². The Balaban J connectivity index is 1.69. The van der Waals surface area contributed by atoms with Gasteiger partial charge in [0.25, 0.3) is 0 Å². The van der Waals surface area contributed by atoms with E-state index in [-0.39, 0.29) is 23.0 Å². The van der Waals surface area contributed by atoms with E-state index in [9.17, 15) is 23.1 Å². The number of amides is 1. The fourth-order valence-electron chi connectivity index (χ4n) is 4.00. The van der Waals surface area contributed by atoms with Crippen molar-refractivity contribution in [2.45, 2.75) is 35.6 Å². The molecule has 158 valence electrons. The number of carbonyl (C=O) groups excluding carboxylic acids is 1. The molecule has 0 radical (unpaired) electrons. The Kier molecular flexibility index (Phi) is 5.03. The smallest absolute Gasteiger partial charge is 0.325 e. The number of carbonyl (C=O) groups is 2. The molecule has 1 heterocycles. The van der Waals surface area contributed by atoms with Crippen LogP contribution in [0.15, 0.2) is 53.4 Å². The van der Waals surface area contributed by atoms with Gasteiger partial charge in [0, 0.05) is 24.6 Å². The van der Waals surface area contributed by atoms with Gasteiger partial charge >= 0.3 is 5.97 Å². The molecule has 1 saturated carbocycles. The highest BCUT2D eigenvalue weighted by atomic mass is 32.2. The predicted octanol–water partition coefficient (Wildman–Crippen LogP) is 2.11. The van der Waals surface area contributed by atoms with Gasteiger partial charge in [-0.05, 0) is 36.6 Å². The van der Waals surface area contributed by atoms with Crippen LogP contribution in [0.1, 0.15) is 30.7 Å². The van der Waals surface area contributed by atoms with Crippen LogP contribution in [0, 0.1) is 0 Å². The number of hydrogen-bond acceptors (Lipinski definition) is 5. The van der Waals surface area contributed by atoms with Gasteiger partial charge in [0.2, 0.25) is 15.9 Å². The van der Waals surface area contributed by atoms with Gasteiger partial charge in [-0.3, -0.25) is 9.59 Å². The molecule has 2 N–H and O–H groups in total. The van der Waals surface area contributed by atoms with Crippen molar-refractivity contribution in [3.8, 4) is 5.75 Å². The number of rotatable bonds is 7. The zero-order valence-electron chi connectivity index (χ0n) is 16.4. The zero-order chi connectivity index (χ0) is 21.5. The molecule has 0 bridgehead atoms. The van der Waals surface area contributed by atoms with E-state index in [2.05, 4.69) is 4.72 Å². The summed E-state index contributed by atoms with van der Waals surface area (Å²) in [5.41, 5.74) is -0.422. The van der Waals surface area contributed by atoms with Crippen LogP contribution >= 0.6 is 0 Å². The molecule has 1 saturated heterocycles. The zero-order valence-corrected chi connectivity index (χ0v) is 17.2. The lowest BCUT2D eigenvalue weighted by atomic mass is 10.1. The molecular formula is C21H22N2O6S. The van der Waals surface area contributed by atoms with Crippen molar-refractivity contribution in [3.63, 3.8) is 0 Å². The molecule has 1 aliphatic heterocycles. The molecule has 2 fully saturated rings. The number of sulfonamides is 1. The maximum atomic E-state index is 13.2. The van der Waals surface area contributed by atoms with Gasteiger partial charge in [-0.15, -0.1) is 0 Å². The predicted molar refractivity (Wildman–Crippen MR) is 109 cm³/mol. The standard InChI is InChI=1S/C21H22N2O6S/c1-29-17-10-9-15(23-11-5-8-19(23)24)12-18(17)30(27,28)22-21(20(25)26)13-16(21)14-6-3-2-4-7-14/h2-4,6-7,9-10,12,16,22H,5,8,11,13H2,1H3,(H,25,26). The third kappa shape index (κ3) is 3.44. The van der Waals surface area contributed by atoms with Crippen LogP contribution in [-0.4, -0.2) is 44.6 Å². The second kappa shape index (κ2) is 7.41. The highest BCUT2D eigenvalue weighted by molar-refractivity contribution is 7.89. The van der Waals surface area contributed by atoms with Crippen LogP contribution < -0.4 is 14.4 Å². The maximum Gasteiger partial charge on any atom is 0.325 e. The summed E-state index contributed by atoms with van der Waals surface area (Å²) >= 11 is 0. The summed E-state index contributed by atoms with van der Waals surface area (Å²) in [5.74, 6) is -1.70. The Labute approximate surface area is 174 Å². The summed E-state index contributed by atoms with van der Waals surface area (Å²) in [5, 5.41) is 9.82. The van der Waals surface area contributed by atoms with Gasteiger partial charge in [0.05, 0.1) is 7.11 Å². The lowest BCUT2D eigenvalue weighted by molar-refractivity contribution is -0.140. The first-order chi connectivity index (χ1) is 14.3. The third-order valence-corrected chi connectivity index (χ3v) is 7.21. The van der Waals surface area contributed by atoms with Crippen molar-refractivity contribution < 1.29 is 27.9 Å². The number of carboxylic acids is 1. The lowest BCUT2D eigenvalue weighted by Gasteiger charge is -2.20. The maximum absolute atomic E-state index is 13.2. The summed E-state index contributed by atoms with van der Waals surface area (Å²) in [6.07, 6.45) is 1.26. The molecule has 2 aliphatic rings. The van der Waals surface area contributed by atoms with Gasteiger partial charge in [-0.2, -0.15) is 4.72 Å². The van der Waals surface area contributed by atoms with E-state index in [1.54, 1.807) is 30.3 Å². The molecule has 2 unspecified atom stereocenters. The van der Waals surface area contributed by atoms with Crippen LogP contribution in [0.4, 0.5) is 5.69 Å². The second-order valence-corrected chi connectivity index (χ2v) is 9.18. The molecular weight excluding hydrogens is 408 g/mol. The van der Waals surface area contributed by atoms with E-state index < -0.39 is 27.4 Å². The van der Waals surface area contributed by atoms with E-state index in [1.807, 2.05) is 6.07 Å². The topological polar surface area (TPSA) is 113 Å². The first-order valence-electron chi connectivity index (χ1n) is 9.59. The highest BCUT2D eigenvalue weighted by Gasteiger charge is 2.63. The van der Waals surface area contributed by atoms with Gasteiger partial charge in [-0.25, -0.2) is 8.42 Å². The summed E-state index contributed by atoms with van der Waals surface area (Å²) in [4.78, 5) is 25.4. The van der Waals surface area contributed by atoms with Crippen molar-refractivity contribution in [1.82, 2.24) is 4.72 Å². The Morgan fingerprint density at radius 3 is 2.57 bits per heavy atom. The number of aliphatic carboxylic acids is 1. The highest BCUT2D eigenvalue weighted by Crippen LogP contribution is 2.52. The SMILES string of the molecule is COc1ccc(N2CCCC2=O)cc1S(=O)(=O)NC1(C(=O)O)CC1c1ccccc1. The fourth-order valence-corrected chi connectivity index (χ4v) is 5.60. The van der Waals surface area contributed by atoms with E-state index in [4.69, 9.17) is 4.74 Å². The summed E-state index contributed by atoms with van der Waals surface area (Å²) < 4.78 is 34.1. The third-order valence-electron chi connectivity index (χ3n) is 5.68. The summed E-state index contributed by atoms with van der Waals surface area (Å²) in [7, 11) is -2.91. The van der Waals surface area contributed by atoms with Gasteiger partial charge in [0.1, 0.15) is 16.2 Å². The summed E-state index contributed by atoms with van der Waals surface area (Å²) in [6, 6.07) is 13.4. The van der Waals surface area contributed by atoms with E-state index >= 15 is 0 Å². The average molecular weight is 430 g/mol. The van der Waals surface area contributed by atoms with Crippen LogP contribution in [-0.2, 0) is 19.6 Å². The molecule has 4 rings (SSSR count). The largest absolute Gasteiger partial charge is 0.495 e. The molecule has 1 aliphatic carbocycles. The number of methoxy groups -OCH3 is 1. The first kappa shape index (κ1) is 20.4. The minimum Gasteiger partial charge on any atom is -0.495 e. The van der Waals surface area contributed by atoms with E-state index in [0.717, 1.165) is 5.56 Å². The second-order valence-electron chi connectivity index (χ2n) is 7.53. The Bertz CT molecular complexity index is 1100. The van der Waals surface area contributed by atoms with E-state index in [0.29, 0.717) is 25.1 Å². The molecule has 2 atom stereocenters. The summed E-state index contributed by atoms with van der Waals surface area (Å²) in [6.45, 7) is 0.507. The molecule has 1 amide bonds. The lowest BCUT2D eigenvalue weighted by Crippen LogP contribution is -2.44. The number of ether oxygens (including phenoxy) is 1. The van der Waals surface area contributed by atoms with Gasteiger partial charge in [0.15, 0.2) is 0 Å². The Morgan fingerprint density at radius 1 is 1.23 bits per heavy atom. The van der Waals surface area contributed by atoms with Crippen LogP contribution in [0.25, 0.3) is 0 Å². The molecule has 0 aromatic heterocycles. The molecule has 30 heavy (non-hydrogen) atoms. The van der Waals surface area contributed by atoms with Crippen molar-refractivity contribution in [2.75, 3.05) is 18.6 Å². The van der Waals surface area contributed by atoms with Crippen LogP contribution in [0.3, 0.4) is 0 Å². The fraction of sp³-hybridized carbons (Fsp3) is 0.333. The van der Waals surface area contributed by atoms with Gasteiger partial charge < -0.3 is 14.7 Å². The molecule has 2 aromatic rings. The van der Waals surface area contributed by atoms with Crippen molar-refractivity contribution in [1.29, 1.82) is 0 Å². The average Bonchev–Trinajstić information content (AvgIpc) is 3.30. The number of nitrogens with one attached hydrogen (secondary N) is 1. The number of benzene rings is 2. The van der Waals surface area contributed by atoms with Crippen molar-refractivity contribution in [2.24, 2.45) is 0 Å². The quantitative estimate of drug-likeness (QED) is 0.696. The Hall–Kier alpha value is -2.91. The van der Waals surface area contributed by atoms with Gasteiger partial charge in [-0.1, -0.05) is 30.3 Å². The van der Waals surface area contributed by atoms with E-state index in [1.165, 1.54) is 24.1 Å².